The maximum absolute atomic E-state index is 12.7. The first-order valence-corrected chi connectivity index (χ1v) is 11.0. The number of aromatic nitrogens is 2. The molecule has 0 aliphatic heterocycles. The van der Waals surface area contributed by atoms with Crippen molar-refractivity contribution in [3.8, 4) is 10.4 Å². The number of likely N-dealkylation sites (N-methyl/N-ethyl adjacent to an activating group) is 1. The third-order valence-electron chi connectivity index (χ3n) is 4.78. The number of aryl methyl sites for hydroxylation is 2. The number of fused-ring (bicyclic) bond motifs is 1. The zero-order valence-electron chi connectivity index (χ0n) is 16.5. The topological polar surface area (TPSA) is 66.1 Å². The van der Waals surface area contributed by atoms with Crippen molar-refractivity contribution in [1.29, 1.82) is 0 Å². The second kappa shape index (κ2) is 7.93. The van der Waals surface area contributed by atoms with Crippen molar-refractivity contribution in [1.82, 2.24) is 14.9 Å². The van der Waals surface area contributed by atoms with E-state index < -0.39 is 0 Å². The number of nitrogens with one attached hydrogen (secondary N) is 1. The highest BCUT2D eigenvalue weighted by Gasteiger charge is 2.17. The molecule has 3 heterocycles. The van der Waals surface area contributed by atoms with E-state index in [-0.39, 0.29) is 17.9 Å². The summed E-state index contributed by atoms with van der Waals surface area (Å²) < 4.78 is 0. The van der Waals surface area contributed by atoms with Crippen LogP contribution in [0.15, 0.2) is 46.6 Å². The van der Waals surface area contributed by atoms with Gasteiger partial charge in [0.1, 0.15) is 10.7 Å². The Morgan fingerprint density at radius 2 is 1.90 bits per heavy atom. The minimum atomic E-state index is -0.193. The van der Waals surface area contributed by atoms with Gasteiger partial charge >= 0.3 is 0 Å². The maximum Gasteiger partial charge on any atom is 0.260 e. The van der Waals surface area contributed by atoms with Crippen LogP contribution in [0.25, 0.3) is 20.7 Å². The van der Waals surface area contributed by atoms with E-state index in [0.717, 1.165) is 16.0 Å². The molecular weight excluding hydrogens is 402 g/mol. The predicted molar refractivity (Wildman–Crippen MR) is 120 cm³/mol. The van der Waals surface area contributed by atoms with E-state index in [2.05, 4.69) is 9.97 Å². The van der Waals surface area contributed by atoms with Gasteiger partial charge in [0.2, 0.25) is 5.91 Å². The van der Waals surface area contributed by atoms with Gasteiger partial charge in [-0.15, -0.1) is 22.7 Å². The van der Waals surface area contributed by atoms with Gasteiger partial charge < -0.3 is 9.88 Å². The molecule has 0 bridgehead atoms. The SMILES string of the molecule is Cc1ccc(CN(C)C(=O)Cc2nc3scc(-c4ccc(C)s4)c3c(=O)[nH]2)cc1. The Bertz CT molecular complexity index is 1240. The number of carbonyl (C=O) groups is 1. The molecule has 0 aliphatic rings. The number of carbonyl (C=O) groups excluding carboxylic acids is 1. The minimum Gasteiger partial charge on any atom is -0.341 e. The first-order chi connectivity index (χ1) is 13.9. The molecule has 0 aliphatic carbocycles. The van der Waals surface area contributed by atoms with Crippen molar-refractivity contribution < 1.29 is 4.79 Å². The normalized spacial score (nSPS) is 11.1. The largest absolute Gasteiger partial charge is 0.341 e. The molecule has 148 valence electrons. The van der Waals surface area contributed by atoms with Crippen LogP contribution in [0.5, 0.6) is 0 Å². The Labute approximate surface area is 176 Å². The van der Waals surface area contributed by atoms with E-state index >= 15 is 0 Å². The number of amides is 1. The van der Waals surface area contributed by atoms with E-state index in [4.69, 9.17) is 0 Å². The summed E-state index contributed by atoms with van der Waals surface area (Å²) >= 11 is 3.09. The van der Waals surface area contributed by atoms with E-state index in [1.54, 1.807) is 23.3 Å². The fourth-order valence-electron chi connectivity index (χ4n) is 3.17. The molecule has 4 rings (SSSR count). The molecule has 5 nitrogen and oxygen atoms in total. The minimum absolute atomic E-state index is 0.0683. The van der Waals surface area contributed by atoms with Crippen LogP contribution in [0.4, 0.5) is 0 Å². The van der Waals surface area contributed by atoms with Crippen LogP contribution in [0.3, 0.4) is 0 Å². The van der Waals surface area contributed by atoms with E-state index in [9.17, 15) is 9.59 Å². The standard InChI is InChI=1S/C22H21N3O2S2/c1-13-4-7-15(8-5-13)11-25(3)19(26)10-18-23-21(27)20-16(12-28-22(20)24-18)17-9-6-14(2)29-17/h4-9,12H,10-11H2,1-3H3,(H,23,24,27). The summed E-state index contributed by atoms with van der Waals surface area (Å²) in [5.74, 6) is 0.317. The number of H-pyrrole nitrogens is 1. The first kappa shape index (κ1) is 19.5. The summed E-state index contributed by atoms with van der Waals surface area (Å²) in [6, 6.07) is 12.2. The van der Waals surface area contributed by atoms with Crippen molar-refractivity contribution in [2.24, 2.45) is 0 Å². The molecule has 1 N–H and O–H groups in total. The predicted octanol–water partition coefficient (Wildman–Crippen LogP) is 4.53. The summed E-state index contributed by atoms with van der Waals surface area (Å²) in [4.78, 5) is 37.3. The zero-order valence-corrected chi connectivity index (χ0v) is 18.1. The molecule has 0 atom stereocenters. The number of nitrogens with zero attached hydrogens (tertiary/aromatic N) is 2. The van der Waals surface area contributed by atoms with Gasteiger partial charge in [-0.05, 0) is 31.5 Å². The lowest BCUT2D eigenvalue weighted by atomic mass is 10.1. The van der Waals surface area contributed by atoms with Crippen LogP contribution in [-0.2, 0) is 17.8 Å². The summed E-state index contributed by atoms with van der Waals surface area (Å²) in [5, 5.41) is 2.56. The van der Waals surface area contributed by atoms with E-state index in [1.807, 2.05) is 55.6 Å². The lowest BCUT2D eigenvalue weighted by Crippen LogP contribution is -2.29. The highest BCUT2D eigenvalue weighted by molar-refractivity contribution is 7.19. The van der Waals surface area contributed by atoms with Gasteiger partial charge in [-0.2, -0.15) is 0 Å². The van der Waals surface area contributed by atoms with E-state index in [1.165, 1.54) is 21.8 Å². The molecule has 0 saturated carbocycles. The molecule has 29 heavy (non-hydrogen) atoms. The summed E-state index contributed by atoms with van der Waals surface area (Å²) in [5.41, 5.74) is 2.97. The lowest BCUT2D eigenvalue weighted by Gasteiger charge is -2.17. The number of aromatic amines is 1. The fourth-order valence-corrected chi connectivity index (χ4v) is 5.09. The van der Waals surface area contributed by atoms with Gasteiger partial charge in [0.05, 0.1) is 11.8 Å². The monoisotopic (exact) mass is 423 g/mol. The van der Waals surface area contributed by atoms with Crippen LogP contribution in [-0.4, -0.2) is 27.8 Å². The summed E-state index contributed by atoms with van der Waals surface area (Å²) in [7, 11) is 1.77. The molecule has 0 fully saturated rings. The van der Waals surface area contributed by atoms with Crippen molar-refractivity contribution in [2.45, 2.75) is 26.8 Å². The molecule has 3 aromatic heterocycles. The van der Waals surface area contributed by atoms with Crippen LogP contribution in [0.1, 0.15) is 21.8 Å². The molecule has 1 aromatic carbocycles. The Morgan fingerprint density at radius 3 is 2.59 bits per heavy atom. The molecule has 0 spiro atoms. The van der Waals surface area contributed by atoms with Crippen molar-refractivity contribution in [2.75, 3.05) is 7.05 Å². The van der Waals surface area contributed by atoms with Gasteiger partial charge in [0, 0.05) is 34.3 Å². The Balaban J connectivity index is 1.54. The third kappa shape index (κ3) is 4.16. The highest BCUT2D eigenvalue weighted by Crippen LogP contribution is 2.34. The second-order valence-electron chi connectivity index (χ2n) is 7.16. The van der Waals surface area contributed by atoms with Gasteiger partial charge in [-0.3, -0.25) is 9.59 Å². The van der Waals surface area contributed by atoms with Crippen molar-refractivity contribution >= 4 is 38.8 Å². The fraction of sp³-hybridized carbons (Fsp3) is 0.227. The van der Waals surface area contributed by atoms with Crippen LogP contribution in [0.2, 0.25) is 0 Å². The van der Waals surface area contributed by atoms with Gasteiger partial charge in [-0.25, -0.2) is 4.98 Å². The van der Waals surface area contributed by atoms with Crippen molar-refractivity contribution in [3.63, 3.8) is 0 Å². The van der Waals surface area contributed by atoms with Gasteiger partial charge in [-0.1, -0.05) is 29.8 Å². The molecule has 0 radical (unpaired) electrons. The number of hydrogen-bond acceptors (Lipinski definition) is 5. The average molecular weight is 424 g/mol. The van der Waals surface area contributed by atoms with Crippen LogP contribution >= 0.6 is 22.7 Å². The smallest absolute Gasteiger partial charge is 0.260 e. The molecule has 1 amide bonds. The lowest BCUT2D eigenvalue weighted by molar-refractivity contribution is -0.129. The second-order valence-corrected chi connectivity index (χ2v) is 9.31. The number of thiophene rings is 2. The Hall–Kier alpha value is -2.77. The molecule has 0 saturated heterocycles. The molecular formula is C22H21N3O2S2. The summed E-state index contributed by atoms with van der Waals surface area (Å²) in [6.45, 7) is 4.60. The van der Waals surface area contributed by atoms with Crippen LogP contribution < -0.4 is 5.56 Å². The highest BCUT2D eigenvalue weighted by atomic mass is 32.1. The van der Waals surface area contributed by atoms with Gasteiger partial charge in [0.15, 0.2) is 0 Å². The molecule has 4 aromatic rings. The number of hydrogen-bond donors (Lipinski definition) is 1. The number of benzene rings is 1. The Morgan fingerprint density at radius 1 is 1.14 bits per heavy atom. The maximum atomic E-state index is 12.7. The van der Waals surface area contributed by atoms with Crippen molar-refractivity contribution in [3.05, 3.63) is 74.0 Å². The quantitative estimate of drug-likeness (QED) is 0.513. The van der Waals surface area contributed by atoms with E-state index in [0.29, 0.717) is 22.6 Å². The van der Waals surface area contributed by atoms with Crippen LogP contribution in [0, 0.1) is 13.8 Å². The summed E-state index contributed by atoms with van der Waals surface area (Å²) in [6.07, 6.45) is 0.0683. The zero-order chi connectivity index (χ0) is 20.5. The Kier molecular flexibility index (Phi) is 5.34. The molecule has 0 unspecified atom stereocenters. The van der Waals surface area contributed by atoms with Gasteiger partial charge in [0.25, 0.3) is 5.56 Å². The molecule has 7 heteroatoms. The number of rotatable bonds is 5. The average Bonchev–Trinajstić information content (AvgIpc) is 3.29. The first-order valence-electron chi connectivity index (χ1n) is 9.27. The third-order valence-corrected chi connectivity index (χ3v) is 6.69.